The van der Waals surface area contributed by atoms with Crippen LogP contribution in [0.2, 0.25) is 0 Å². The number of anilines is 1. The van der Waals surface area contributed by atoms with Gasteiger partial charge in [-0.25, -0.2) is 0 Å². The van der Waals surface area contributed by atoms with E-state index in [4.69, 9.17) is 4.74 Å². The Labute approximate surface area is 168 Å². The molecule has 2 rings (SSSR count). The summed E-state index contributed by atoms with van der Waals surface area (Å²) in [5.41, 5.74) is 2.40. The van der Waals surface area contributed by atoms with Crippen molar-refractivity contribution in [2.45, 2.75) is 6.92 Å². The van der Waals surface area contributed by atoms with Crippen LogP contribution in [0.15, 0.2) is 48.5 Å². The maximum absolute atomic E-state index is 11.9. The van der Waals surface area contributed by atoms with Gasteiger partial charge in [0.1, 0.15) is 6.54 Å². The molecule has 0 fully saturated rings. The zero-order valence-corrected chi connectivity index (χ0v) is 16.5. The van der Waals surface area contributed by atoms with Crippen LogP contribution in [-0.4, -0.2) is 55.8 Å². The van der Waals surface area contributed by atoms with E-state index in [1.807, 2.05) is 6.92 Å². The molecule has 152 valence electrons. The number of aryl methyl sites for hydroxylation is 1. The molecule has 0 bridgehead atoms. The summed E-state index contributed by atoms with van der Waals surface area (Å²) in [7, 11) is 3.30. The number of hydrogen-bond donors (Lipinski definition) is 2. The second-order valence-corrected chi connectivity index (χ2v) is 6.53. The number of carbonyl (C=O) groups excluding carboxylic acids is 4. The average Bonchev–Trinajstić information content (AvgIpc) is 2.71. The van der Waals surface area contributed by atoms with Gasteiger partial charge >= 0.3 is 5.97 Å². The molecule has 2 aromatic carbocycles. The van der Waals surface area contributed by atoms with Gasteiger partial charge in [0.2, 0.25) is 0 Å². The van der Waals surface area contributed by atoms with Gasteiger partial charge in [0.05, 0.1) is 0 Å². The molecule has 0 aliphatic heterocycles. The van der Waals surface area contributed by atoms with Gasteiger partial charge < -0.3 is 20.3 Å². The summed E-state index contributed by atoms with van der Waals surface area (Å²) in [6.07, 6.45) is 0. The highest BCUT2D eigenvalue weighted by atomic mass is 16.5. The third-order valence-electron chi connectivity index (χ3n) is 3.89. The van der Waals surface area contributed by atoms with Crippen LogP contribution in [0.1, 0.15) is 26.3 Å². The predicted molar refractivity (Wildman–Crippen MR) is 108 cm³/mol. The fourth-order valence-corrected chi connectivity index (χ4v) is 2.31. The third-order valence-corrected chi connectivity index (χ3v) is 3.89. The minimum absolute atomic E-state index is 0.149. The van der Waals surface area contributed by atoms with Gasteiger partial charge in [0.25, 0.3) is 17.7 Å². The molecular formula is C21H23N3O5. The van der Waals surface area contributed by atoms with Gasteiger partial charge in [-0.1, -0.05) is 17.7 Å². The minimum Gasteiger partial charge on any atom is -0.454 e. The molecule has 0 heterocycles. The first-order chi connectivity index (χ1) is 13.8. The van der Waals surface area contributed by atoms with E-state index in [0.29, 0.717) is 16.8 Å². The van der Waals surface area contributed by atoms with E-state index < -0.39 is 24.4 Å². The van der Waals surface area contributed by atoms with Crippen LogP contribution >= 0.6 is 0 Å². The zero-order chi connectivity index (χ0) is 21.4. The summed E-state index contributed by atoms with van der Waals surface area (Å²) >= 11 is 0. The lowest BCUT2D eigenvalue weighted by molar-refractivity contribution is -0.146. The summed E-state index contributed by atoms with van der Waals surface area (Å²) < 4.78 is 4.85. The first kappa shape index (κ1) is 21.6. The van der Waals surface area contributed by atoms with Crippen LogP contribution in [-0.2, 0) is 14.3 Å². The van der Waals surface area contributed by atoms with E-state index in [9.17, 15) is 19.2 Å². The maximum atomic E-state index is 11.9. The molecular weight excluding hydrogens is 374 g/mol. The number of nitrogens with zero attached hydrogens (tertiary/aromatic N) is 1. The molecule has 0 aromatic heterocycles. The lowest BCUT2D eigenvalue weighted by Gasteiger charge is -2.11. The fourth-order valence-electron chi connectivity index (χ4n) is 2.31. The standard InChI is InChI=1S/C21H23N3O5/c1-14-4-6-15(7-5-14)20(27)22-12-19(26)29-13-18(25)23-17-10-8-16(9-11-17)21(28)24(2)3/h4-11H,12-13H2,1-3H3,(H,22,27)(H,23,25). The second kappa shape index (κ2) is 10.0. The number of amides is 3. The molecule has 8 nitrogen and oxygen atoms in total. The fraction of sp³-hybridized carbons (Fsp3) is 0.238. The van der Waals surface area contributed by atoms with E-state index in [0.717, 1.165) is 5.56 Å². The largest absolute Gasteiger partial charge is 0.454 e. The highest BCUT2D eigenvalue weighted by Gasteiger charge is 2.12. The SMILES string of the molecule is Cc1ccc(C(=O)NCC(=O)OCC(=O)Nc2ccc(C(=O)N(C)C)cc2)cc1. The number of esters is 1. The van der Waals surface area contributed by atoms with Crippen molar-refractivity contribution in [2.75, 3.05) is 32.6 Å². The molecule has 0 aliphatic carbocycles. The van der Waals surface area contributed by atoms with Gasteiger partial charge in [-0.15, -0.1) is 0 Å². The summed E-state index contributed by atoms with van der Waals surface area (Å²) in [5.74, 6) is -1.81. The third kappa shape index (κ3) is 6.76. The van der Waals surface area contributed by atoms with Crippen LogP contribution in [0.5, 0.6) is 0 Å². The average molecular weight is 397 g/mol. The molecule has 2 aromatic rings. The van der Waals surface area contributed by atoms with Crippen LogP contribution < -0.4 is 10.6 Å². The van der Waals surface area contributed by atoms with Gasteiger partial charge in [0, 0.05) is 30.9 Å². The second-order valence-electron chi connectivity index (χ2n) is 6.53. The monoisotopic (exact) mass is 397 g/mol. The Morgan fingerprint density at radius 2 is 1.48 bits per heavy atom. The van der Waals surface area contributed by atoms with Crippen LogP contribution in [0.4, 0.5) is 5.69 Å². The molecule has 0 spiro atoms. The van der Waals surface area contributed by atoms with Crippen molar-refractivity contribution in [3.8, 4) is 0 Å². The zero-order valence-electron chi connectivity index (χ0n) is 16.5. The number of rotatable bonds is 7. The summed E-state index contributed by atoms with van der Waals surface area (Å²) in [5, 5.41) is 5.00. The maximum Gasteiger partial charge on any atom is 0.325 e. The molecule has 0 unspecified atom stereocenters. The predicted octanol–water partition coefficient (Wildman–Crippen LogP) is 1.61. The topological polar surface area (TPSA) is 105 Å². The number of nitrogens with one attached hydrogen (secondary N) is 2. The van der Waals surface area contributed by atoms with E-state index in [2.05, 4.69) is 10.6 Å². The van der Waals surface area contributed by atoms with Crippen molar-refractivity contribution in [3.63, 3.8) is 0 Å². The van der Waals surface area contributed by atoms with Gasteiger partial charge in [-0.05, 0) is 43.3 Å². The first-order valence-corrected chi connectivity index (χ1v) is 8.88. The molecule has 2 N–H and O–H groups in total. The van der Waals surface area contributed by atoms with Crippen LogP contribution in [0.3, 0.4) is 0 Å². The van der Waals surface area contributed by atoms with Gasteiger partial charge in [0.15, 0.2) is 6.61 Å². The van der Waals surface area contributed by atoms with Gasteiger partial charge in [-0.2, -0.15) is 0 Å². The van der Waals surface area contributed by atoms with Crippen molar-refractivity contribution in [1.29, 1.82) is 0 Å². The summed E-state index contributed by atoms with van der Waals surface area (Å²) in [6.45, 7) is 1.07. The molecule has 8 heteroatoms. The van der Waals surface area contributed by atoms with Crippen LogP contribution in [0, 0.1) is 6.92 Å². The molecule has 0 radical (unpaired) electrons. The molecule has 0 aliphatic rings. The molecule has 29 heavy (non-hydrogen) atoms. The van der Waals surface area contributed by atoms with Crippen molar-refractivity contribution >= 4 is 29.4 Å². The van der Waals surface area contributed by atoms with Crippen LogP contribution in [0.25, 0.3) is 0 Å². The molecule has 3 amide bonds. The van der Waals surface area contributed by atoms with Gasteiger partial charge in [-0.3, -0.25) is 19.2 Å². The highest BCUT2D eigenvalue weighted by Crippen LogP contribution is 2.10. The minimum atomic E-state index is -0.729. The van der Waals surface area contributed by atoms with Crippen molar-refractivity contribution in [3.05, 3.63) is 65.2 Å². The number of benzene rings is 2. The summed E-state index contributed by atoms with van der Waals surface area (Å²) in [4.78, 5) is 48.8. The Bertz CT molecular complexity index is 890. The van der Waals surface area contributed by atoms with E-state index in [-0.39, 0.29) is 12.5 Å². The Morgan fingerprint density at radius 3 is 2.07 bits per heavy atom. The smallest absolute Gasteiger partial charge is 0.325 e. The molecule has 0 saturated carbocycles. The Hall–Kier alpha value is -3.68. The normalized spacial score (nSPS) is 10.0. The van der Waals surface area contributed by atoms with Crippen molar-refractivity contribution in [1.82, 2.24) is 10.2 Å². The van der Waals surface area contributed by atoms with E-state index in [1.54, 1.807) is 62.6 Å². The van der Waals surface area contributed by atoms with E-state index in [1.165, 1.54) is 4.90 Å². The molecule has 0 atom stereocenters. The number of hydrogen-bond acceptors (Lipinski definition) is 5. The van der Waals surface area contributed by atoms with Crippen molar-refractivity contribution in [2.24, 2.45) is 0 Å². The lowest BCUT2D eigenvalue weighted by Crippen LogP contribution is -2.32. The lowest BCUT2D eigenvalue weighted by atomic mass is 10.1. The Morgan fingerprint density at radius 1 is 0.897 bits per heavy atom. The first-order valence-electron chi connectivity index (χ1n) is 8.88. The Kier molecular flexibility index (Phi) is 7.47. The van der Waals surface area contributed by atoms with Crippen molar-refractivity contribution < 1.29 is 23.9 Å². The Balaban J connectivity index is 1.74. The quantitative estimate of drug-likeness (QED) is 0.691. The highest BCUT2D eigenvalue weighted by molar-refractivity contribution is 5.97. The number of carbonyl (C=O) groups is 4. The number of ether oxygens (including phenoxy) is 1. The molecule has 0 saturated heterocycles. The summed E-state index contributed by atoms with van der Waals surface area (Å²) in [6, 6.07) is 13.2. The van der Waals surface area contributed by atoms with E-state index >= 15 is 0 Å².